The van der Waals surface area contributed by atoms with Crippen molar-refractivity contribution in [3.63, 3.8) is 0 Å². The van der Waals surface area contributed by atoms with E-state index < -0.39 is 11.2 Å². The van der Waals surface area contributed by atoms with Crippen LogP contribution >= 0.6 is 0 Å². The van der Waals surface area contributed by atoms with Crippen LogP contribution in [0.15, 0.2) is 94.5 Å². The van der Waals surface area contributed by atoms with Gasteiger partial charge >= 0.3 is 5.69 Å². The largest absolute Gasteiger partial charge is 0.489 e. The molecule has 0 saturated heterocycles. The van der Waals surface area contributed by atoms with Crippen LogP contribution in [-0.4, -0.2) is 35.7 Å². The molecule has 1 atom stereocenters. The summed E-state index contributed by atoms with van der Waals surface area (Å²) in [5.41, 5.74) is 7.57. The Balaban J connectivity index is 1.48. The smallest absolute Gasteiger partial charge is 0.330 e. The van der Waals surface area contributed by atoms with Gasteiger partial charge in [-0.25, -0.2) is 4.79 Å². The number of benzene rings is 3. The first-order chi connectivity index (χ1) is 17.9. The highest BCUT2D eigenvalue weighted by molar-refractivity contribution is 5.99. The number of nitrogen functional groups attached to an aromatic ring is 1. The van der Waals surface area contributed by atoms with E-state index >= 15 is 0 Å². The number of aromatic amines is 1. The minimum Gasteiger partial charge on any atom is -0.489 e. The summed E-state index contributed by atoms with van der Waals surface area (Å²) < 4.78 is 7.26. The summed E-state index contributed by atoms with van der Waals surface area (Å²) in [7, 11) is 1.61. The molecule has 188 valence electrons. The molecular weight excluding hydrogens is 470 g/mol. The molecule has 0 fully saturated rings. The van der Waals surface area contributed by atoms with Crippen LogP contribution < -0.4 is 31.5 Å². The molecular formula is C28H27N5O4. The highest BCUT2D eigenvalue weighted by atomic mass is 16.5. The molecule has 1 amide bonds. The summed E-state index contributed by atoms with van der Waals surface area (Å²) in [5, 5.41) is 0. The van der Waals surface area contributed by atoms with Gasteiger partial charge in [0, 0.05) is 7.05 Å². The van der Waals surface area contributed by atoms with Crippen LogP contribution in [0.5, 0.6) is 5.75 Å². The predicted molar refractivity (Wildman–Crippen MR) is 143 cm³/mol. The number of nitrogens with two attached hydrogens (primary N) is 1. The zero-order valence-corrected chi connectivity index (χ0v) is 20.3. The summed E-state index contributed by atoms with van der Waals surface area (Å²) in [5.74, 6) is 0.362. The van der Waals surface area contributed by atoms with Crippen LogP contribution in [0.1, 0.15) is 17.2 Å². The Morgan fingerprint density at radius 2 is 1.65 bits per heavy atom. The predicted octanol–water partition coefficient (Wildman–Crippen LogP) is 2.77. The molecule has 0 saturated carbocycles. The van der Waals surface area contributed by atoms with Crippen molar-refractivity contribution in [2.75, 3.05) is 35.7 Å². The van der Waals surface area contributed by atoms with Gasteiger partial charge < -0.3 is 15.4 Å². The van der Waals surface area contributed by atoms with E-state index in [1.165, 1.54) is 9.47 Å². The Hall–Kier alpha value is -4.79. The Morgan fingerprint density at radius 3 is 2.38 bits per heavy atom. The molecule has 0 aliphatic carbocycles. The number of H-pyrrole nitrogens is 1. The molecule has 9 nitrogen and oxygen atoms in total. The zero-order chi connectivity index (χ0) is 25.9. The Bertz CT molecular complexity index is 1530. The van der Waals surface area contributed by atoms with Crippen LogP contribution in [0, 0.1) is 0 Å². The average molecular weight is 498 g/mol. The second-order valence-corrected chi connectivity index (χ2v) is 8.89. The molecule has 5 rings (SSSR count). The lowest BCUT2D eigenvalue weighted by molar-refractivity contribution is -0.118. The molecule has 1 aliphatic rings. The lowest BCUT2D eigenvalue weighted by Crippen LogP contribution is -2.47. The first-order valence-corrected chi connectivity index (χ1v) is 11.9. The van der Waals surface area contributed by atoms with Crippen LogP contribution in [-0.2, 0) is 11.3 Å². The Morgan fingerprint density at radius 1 is 1.00 bits per heavy atom. The third-order valence-electron chi connectivity index (χ3n) is 6.44. The summed E-state index contributed by atoms with van der Waals surface area (Å²) in [6, 6.07) is 26.0. The molecule has 2 heterocycles. The van der Waals surface area contributed by atoms with E-state index in [1.54, 1.807) is 11.9 Å². The van der Waals surface area contributed by atoms with Gasteiger partial charge in [0.25, 0.3) is 5.56 Å². The number of likely N-dealkylation sites (N-methyl/N-ethyl adjacent to an activating group) is 1. The summed E-state index contributed by atoms with van der Waals surface area (Å²) in [6.45, 7) is 0.333. The fraction of sp³-hybridized carbons (Fsp3) is 0.179. The normalized spacial score (nSPS) is 14.5. The number of nitrogens with one attached hydrogen (secondary N) is 1. The maximum atomic E-state index is 13.8. The molecule has 37 heavy (non-hydrogen) atoms. The standard InChI is InChI=1S/C28H27N5O4/c1-31(25-26(29)32(28(36)30-27(25)35)16-19-10-4-2-5-11-19)17-24(34)33-21-14-8-9-15-23(21)37-18-22(33)20-12-6-3-7-13-20/h2-15,22H,16-18,29H2,1H3,(H,30,35,36). The fourth-order valence-electron chi connectivity index (χ4n) is 4.65. The van der Waals surface area contributed by atoms with Crippen molar-refractivity contribution < 1.29 is 9.53 Å². The SMILES string of the molecule is CN(CC(=O)N1c2ccccc2OCC1c1ccccc1)c1c(N)n(Cc2ccccc2)c(=O)[nH]c1=O. The molecule has 0 bridgehead atoms. The molecule has 3 N–H and O–H groups in total. The van der Waals surface area contributed by atoms with Crippen molar-refractivity contribution in [3.05, 3.63) is 117 Å². The quantitative estimate of drug-likeness (QED) is 0.424. The average Bonchev–Trinajstić information content (AvgIpc) is 2.91. The van der Waals surface area contributed by atoms with Crippen LogP contribution in [0.3, 0.4) is 0 Å². The zero-order valence-electron chi connectivity index (χ0n) is 20.3. The number of hydrogen-bond acceptors (Lipinski definition) is 6. The van der Waals surface area contributed by atoms with Gasteiger partial charge in [-0.2, -0.15) is 0 Å². The highest BCUT2D eigenvalue weighted by Crippen LogP contribution is 2.39. The van der Waals surface area contributed by atoms with Gasteiger partial charge in [0.05, 0.1) is 24.8 Å². The van der Waals surface area contributed by atoms with E-state index in [1.807, 2.05) is 84.9 Å². The van der Waals surface area contributed by atoms with Crippen molar-refractivity contribution in [3.8, 4) is 5.75 Å². The lowest BCUT2D eigenvalue weighted by atomic mass is 10.0. The number of rotatable bonds is 6. The minimum absolute atomic E-state index is 0.00473. The number of hydrogen-bond donors (Lipinski definition) is 2. The molecule has 0 radical (unpaired) electrons. The number of nitrogens with zero attached hydrogens (tertiary/aromatic N) is 3. The number of anilines is 3. The van der Waals surface area contributed by atoms with Crippen LogP contribution in [0.2, 0.25) is 0 Å². The minimum atomic E-state index is -0.649. The molecule has 1 unspecified atom stereocenters. The molecule has 9 heteroatoms. The molecule has 0 spiro atoms. The summed E-state index contributed by atoms with van der Waals surface area (Å²) in [4.78, 5) is 44.7. The van der Waals surface area contributed by atoms with Crippen molar-refractivity contribution in [2.45, 2.75) is 12.6 Å². The van der Waals surface area contributed by atoms with Gasteiger partial charge in [0.15, 0.2) is 0 Å². The second-order valence-electron chi connectivity index (χ2n) is 8.89. The van der Waals surface area contributed by atoms with Gasteiger partial charge in [-0.05, 0) is 23.3 Å². The third kappa shape index (κ3) is 4.71. The van der Waals surface area contributed by atoms with E-state index in [0.717, 1.165) is 11.1 Å². The Kier molecular flexibility index (Phi) is 6.51. The van der Waals surface area contributed by atoms with Crippen LogP contribution in [0.25, 0.3) is 0 Å². The van der Waals surface area contributed by atoms with Gasteiger partial charge in [0.1, 0.15) is 23.9 Å². The molecule has 1 aromatic heterocycles. The topological polar surface area (TPSA) is 114 Å². The van der Waals surface area contributed by atoms with E-state index in [0.29, 0.717) is 18.0 Å². The van der Waals surface area contributed by atoms with E-state index in [2.05, 4.69) is 4.98 Å². The second kappa shape index (κ2) is 10.1. The third-order valence-corrected chi connectivity index (χ3v) is 6.44. The molecule has 1 aliphatic heterocycles. The van der Waals surface area contributed by atoms with E-state index in [4.69, 9.17) is 10.5 Å². The van der Waals surface area contributed by atoms with Gasteiger partial charge in [-0.3, -0.25) is 24.0 Å². The van der Waals surface area contributed by atoms with Crippen molar-refractivity contribution in [1.29, 1.82) is 0 Å². The number of ether oxygens (including phenoxy) is 1. The van der Waals surface area contributed by atoms with Crippen molar-refractivity contribution in [1.82, 2.24) is 9.55 Å². The number of carbonyl (C=O) groups is 1. The van der Waals surface area contributed by atoms with Gasteiger partial charge in [-0.15, -0.1) is 0 Å². The van der Waals surface area contributed by atoms with Gasteiger partial charge in [-0.1, -0.05) is 72.8 Å². The summed E-state index contributed by atoms with van der Waals surface area (Å²) in [6.07, 6.45) is 0. The number of fused-ring (bicyclic) bond motifs is 1. The van der Waals surface area contributed by atoms with E-state index in [9.17, 15) is 14.4 Å². The maximum Gasteiger partial charge on any atom is 0.330 e. The number of para-hydroxylation sites is 2. The fourth-order valence-corrected chi connectivity index (χ4v) is 4.65. The monoisotopic (exact) mass is 497 g/mol. The first-order valence-electron chi connectivity index (χ1n) is 11.9. The van der Waals surface area contributed by atoms with Gasteiger partial charge in [0.2, 0.25) is 5.91 Å². The highest BCUT2D eigenvalue weighted by Gasteiger charge is 2.34. The maximum absolute atomic E-state index is 13.8. The van der Waals surface area contributed by atoms with Crippen molar-refractivity contribution >= 4 is 23.1 Å². The molecule has 3 aromatic carbocycles. The molecule has 4 aromatic rings. The summed E-state index contributed by atoms with van der Waals surface area (Å²) >= 11 is 0. The van der Waals surface area contributed by atoms with Crippen molar-refractivity contribution in [2.24, 2.45) is 0 Å². The number of carbonyl (C=O) groups excluding carboxylic acids is 1. The number of aromatic nitrogens is 2. The van der Waals surface area contributed by atoms with Crippen LogP contribution in [0.4, 0.5) is 17.2 Å². The Labute approximate surface area is 213 Å². The lowest BCUT2D eigenvalue weighted by Gasteiger charge is -2.38. The van der Waals surface area contributed by atoms with E-state index in [-0.39, 0.29) is 36.5 Å². The number of amides is 1. The first kappa shape index (κ1) is 23.9.